The number of likely N-dealkylation sites (tertiary alicyclic amines) is 1. The summed E-state index contributed by atoms with van der Waals surface area (Å²) in [6, 6.07) is 0.150. The van der Waals surface area contributed by atoms with E-state index < -0.39 is 0 Å². The molecule has 1 unspecified atom stereocenters. The maximum Gasteiger partial charge on any atom is 0.251 e. The minimum atomic E-state index is -0.318. The molecule has 1 saturated heterocycles. The minimum absolute atomic E-state index is 0.0825. The van der Waals surface area contributed by atoms with Crippen molar-refractivity contribution in [2.24, 2.45) is 5.73 Å². The van der Waals surface area contributed by atoms with Crippen molar-refractivity contribution in [3.05, 3.63) is 0 Å². The van der Waals surface area contributed by atoms with Crippen LogP contribution in [0.2, 0.25) is 0 Å². The molecule has 0 aliphatic carbocycles. The van der Waals surface area contributed by atoms with Crippen LogP contribution >= 0.6 is 0 Å². The molecule has 4 heteroatoms. The van der Waals surface area contributed by atoms with Gasteiger partial charge in [0.05, 0.1) is 0 Å². The van der Waals surface area contributed by atoms with Crippen LogP contribution in [-0.2, 0) is 9.53 Å². The first-order chi connectivity index (χ1) is 7.15. The van der Waals surface area contributed by atoms with Gasteiger partial charge in [-0.2, -0.15) is 0 Å². The smallest absolute Gasteiger partial charge is 0.251 e. The molecule has 2 N–H and O–H groups in total. The highest BCUT2D eigenvalue weighted by molar-refractivity contribution is 5.80. The summed E-state index contributed by atoms with van der Waals surface area (Å²) < 4.78 is 5.46. The van der Waals surface area contributed by atoms with E-state index in [4.69, 9.17) is 10.5 Å². The lowest BCUT2D eigenvalue weighted by molar-refractivity contribution is -0.141. The third kappa shape index (κ3) is 3.80. The van der Waals surface area contributed by atoms with Gasteiger partial charge in [0.1, 0.15) is 6.10 Å². The Morgan fingerprint density at radius 3 is 2.93 bits per heavy atom. The molecule has 1 rings (SSSR count). The highest BCUT2D eigenvalue weighted by Crippen LogP contribution is 2.10. The van der Waals surface area contributed by atoms with Crippen LogP contribution in [0.25, 0.3) is 0 Å². The normalized spacial score (nSPS) is 23.1. The molecule has 0 spiro atoms. The molecule has 0 aromatic rings. The summed E-state index contributed by atoms with van der Waals surface area (Å²) in [4.78, 5) is 13.6. The van der Waals surface area contributed by atoms with E-state index in [1.165, 1.54) is 0 Å². The standard InChI is InChI=1S/C11H22N2O2/c1-3-4-7-15-9(2)11(14)13-6-5-10(12)8-13/h9-10H,3-8,12H2,1-2H3/t9?,10-/m1/s1. The second kappa shape index (κ2) is 6.08. The zero-order chi connectivity index (χ0) is 11.3. The third-order valence-corrected chi connectivity index (χ3v) is 2.75. The Morgan fingerprint density at radius 1 is 1.67 bits per heavy atom. The molecule has 0 saturated carbocycles. The molecule has 1 aliphatic heterocycles. The predicted octanol–water partition coefficient (Wildman–Crippen LogP) is 0.751. The number of nitrogens with zero attached hydrogens (tertiary/aromatic N) is 1. The Labute approximate surface area is 91.8 Å². The maximum absolute atomic E-state index is 11.8. The fourth-order valence-electron chi connectivity index (χ4n) is 1.72. The van der Waals surface area contributed by atoms with Crippen molar-refractivity contribution in [2.75, 3.05) is 19.7 Å². The van der Waals surface area contributed by atoms with Gasteiger partial charge in [-0.15, -0.1) is 0 Å². The molecule has 0 radical (unpaired) electrons. The van der Waals surface area contributed by atoms with Crippen LogP contribution in [0.15, 0.2) is 0 Å². The van der Waals surface area contributed by atoms with Crippen LogP contribution in [0.3, 0.4) is 0 Å². The number of amides is 1. The lowest BCUT2D eigenvalue weighted by atomic mass is 10.3. The number of carbonyl (C=O) groups excluding carboxylic acids is 1. The van der Waals surface area contributed by atoms with Gasteiger partial charge >= 0.3 is 0 Å². The van der Waals surface area contributed by atoms with Crippen molar-refractivity contribution >= 4 is 5.91 Å². The third-order valence-electron chi connectivity index (χ3n) is 2.75. The Hall–Kier alpha value is -0.610. The molecule has 1 amide bonds. The monoisotopic (exact) mass is 214 g/mol. The van der Waals surface area contributed by atoms with Gasteiger partial charge in [0.2, 0.25) is 0 Å². The van der Waals surface area contributed by atoms with E-state index in [0.717, 1.165) is 25.8 Å². The molecule has 1 fully saturated rings. The largest absolute Gasteiger partial charge is 0.369 e. The van der Waals surface area contributed by atoms with Crippen molar-refractivity contribution in [3.63, 3.8) is 0 Å². The summed E-state index contributed by atoms with van der Waals surface area (Å²) in [5.74, 6) is 0.0825. The van der Waals surface area contributed by atoms with Gasteiger partial charge in [0.25, 0.3) is 5.91 Å². The lowest BCUT2D eigenvalue weighted by Gasteiger charge is -2.20. The van der Waals surface area contributed by atoms with E-state index in [1.54, 1.807) is 4.90 Å². The molecule has 1 heterocycles. The van der Waals surface area contributed by atoms with E-state index >= 15 is 0 Å². The van der Waals surface area contributed by atoms with Crippen molar-refractivity contribution in [1.82, 2.24) is 4.90 Å². The Bertz CT molecular complexity index is 209. The van der Waals surface area contributed by atoms with Gasteiger partial charge in [0, 0.05) is 25.7 Å². The average molecular weight is 214 g/mol. The van der Waals surface area contributed by atoms with Gasteiger partial charge in [-0.05, 0) is 19.8 Å². The van der Waals surface area contributed by atoms with Crippen LogP contribution in [-0.4, -0.2) is 42.6 Å². The first-order valence-electron chi connectivity index (χ1n) is 5.81. The lowest BCUT2D eigenvalue weighted by Crippen LogP contribution is -2.39. The van der Waals surface area contributed by atoms with Crippen molar-refractivity contribution < 1.29 is 9.53 Å². The van der Waals surface area contributed by atoms with Crippen LogP contribution in [0.5, 0.6) is 0 Å². The van der Waals surface area contributed by atoms with Gasteiger partial charge in [-0.1, -0.05) is 13.3 Å². The van der Waals surface area contributed by atoms with Crippen LogP contribution in [0.4, 0.5) is 0 Å². The topological polar surface area (TPSA) is 55.6 Å². The Morgan fingerprint density at radius 2 is 2.40 bits per heavy atom. The molecular formula is C11H22N2O2. The molecule has 1 aliphatic rings. The molecular weight excluding hydrogens is 192 g/mol. The SMILES string of the molecule is CCCCOC(C)C(=O)N1CC[C@@H](N)C1. The summed E-state index contributed by atoms with van der Waals surface area (Å²) in [5, 5.41) is 0. The second-order valence-corrected chi connectivity index (χ2v) is 4.20. The molecule has 0 aromatic carbocycles. The van der Waals surface area contributed by atoms with Gasteiger partial charge in [-0.25, -0.2) is 0 Å². The van der Waals surface area contributed by atoms with Crippen LogP contribution in [0.1, 0.15) is 33.1 Å². The zero-order valence-electron chi connectivity index (χ0n) is 9.74. The van der Waals surface area contributed by atoms with E-state index in [1.807, 2.05) is 6.92 Å². The van der Waals surface area contributed by atoms with Crippen LogP contribution in [0, 0.1) is 0 Å². The van der Waals surface area contributed by atoms with Gasteiger partial charge < -0.3 is 15.4 Å². The quantitative estimate of drug-likeness (QED) is 0.687. The van der Waals surface area contributed by atoms with Crippen molar-refractivity contribution in [2.45, 2.75) is 45.3 Å². The van der Waals surface area contributed by atoms with Crippen molar-refractivity contribution in [3.8, 4) is 0 Å². The van der Waals surface area contributed by atoms with Crippen molar-refractivity contribution in [1.29, 1.82) is 0 Å². The summed E-state index contributed by atoms with van der Waals surface area (Å²) in [6.45, 7) is 6.06. The fraction of sp³-hybridized carbons (Fsp3) is 0.909. The number of rotatable bonds is 5. The fourth-order valence-corrected chi connectivity index (χ4v) is 1.72. The number of hydrogen-bond donors (Lipinski definition) is 1. The maximum atomic E-state index is 11.8. The average Bonchev–Trinajstić information content (AvgIpc) is 2.64. The van der Waals surface area contributed by atoms with E-state index in [9.17, 15) is 4.79 Å². The Balaban J connectivity index is 2.26. The number of nitrogens with two attached hydrogens (primary N) is 1. The molecule has 2 atom stereocenters. The first kappa shape index (κ1) is 12.5. The molecule has 88 valence electrons. The predicted molar refractivity (Wildman–Crippen MR) is 59.5 cm³/mol. The highest BCUT2D eigenvalue weighted by Gasteiger charge is 2.27. The summed E-state index contributed by atoms with van der Waals surface area (Å²) in [5.41, 5.74) is 5.75. The zero-order valence-corrected chi connectivity index (χ0v) is 9.74. The number of ether oxygens (including phenoxy) is 1. The number of hydrogen-bond acceptors (Lipinski definition) is 3. The van der Waals surface area contributed by atoms with E-state index in [-0.39, 0.29) is 18.1 Å². The molecule has 15 heavy (non-hydrogen) atoms. The summed E-state index contributed by atoms with van der Waals surface area (Å²) in [7, 11) is 0. The van der Waals surface area contributed by atoms with Gasteiger partial charge in [0.15, 0.2) is 0 Å². The Kier molecular flexibility index (Phi) is 5.05. The molecule has 0 aromatic heterocycles. The first-order valence-corrected chi connectivity index (χ1v) is 5.81. The number of unbranched alkanes of at least 4 members (excludes halogenated alkanes) is 1. The molecule has 0 bridgehead atoms. The number of carbonyl (C=O) groups is 1. The molecule has 4 nitrogen and oxygen atoms in total. The minimum Gasteiger partial charge on any atom is -0.369 e. The highest BCUT2D eigenvalue weighted by atomic mass is 16.5. The second-order valence-electron chi connectivity index (χ2n) is 4.20. The summed E-state index contributed by atoms with van der Waals surface area (Å²) in [6.07, 6.45) is 2.70. The summed E-state index contributed by atoms with van der Waals surface area (Å²) >= 11 is 0. The van der Waals surface area contributed by atoms with E-state index in [2.05, 4.69) is 6.92 Å². The van der Waals surface area contributed by atoms with E-state index in [0.29, 0.717) is 13.2 Å². The van der Waals surface area contributed by atoms with Crippen LogP contribution < -0.4 is 5.73 Å². The van der Waals surface area contributed by atoms with Gasteiger partial charge in [-0.3, -0.25) is 4.79 Å².